The van der Waals surface area contributed by atoms with Crippen LogP contribution >= 0.6 is 0 Å². The first-order chi connectivity index (χ1) is 7.26. The molecule has 0 saturated carbocycles. The van der Waals surface area contributed by atoms with Crippen LogP contribution in [-0.2, 0) is 0 Å². The first-order valence-electron chi connectivity index (χ1n) is 4.96. The Kier molecular flexibility index (Phi) is 3.71. The minimum atomic E-state index is 0.438. The van der Waals surface area contributed by atoms with Crippen LogP contribution in [0, 0.1) is 22.7 Å². The average molecular weight is 199 g/mol. The number of anilines is 1. The first kappa shape index (κ1) is 11.1. The monoisotopic (exact) mass is 199 g/mol. The lowest BCUT2D eigenvalue weighted by Gasteiger charge is -2.21. The third-order valence-corrected chi connectivity index (χ3v) is 2.37. The van der Waals surface area contributed by atoms with Crippen molar-refractivity contribution in [2.24, 2.45) is 0 Å². The molecule has 0 aliphatic rings. The topological polar surface area (TPSA) is 50.8 Å². The first-order valence-corrected chi connectivity index (χ1v) is 4.96. The third-order valence-electron chi connectivity index (χ3n) is 2.37. The molecule has 0 saturated heterocycles. The van der Waals surface area contributed by atoms with E-state index in [1.54, 1.807) is 12.1 Å². The molecule has 1 aromatic rings. The second kappa shape index (κ2) is 5.02. The van der Waals surface area contributed by atoms with Crippen LogP contribution in [0.5, 0.6) is 0 Å². The van der Waals surface area contributed by atoms with Crippen molar-refractivity contribution in [3.8, 4) is 12.1 Å². The molecule has 0 bridgehead atoms. The van der Waals surface area contributed by atoms with E-state index < -0.39 is 0 Å². The molecule has 0 aliphatic carbocycles. The number of nitriles is 2. The van der Waals surface area contributed by atoms with Crippen molar-refractivity contribution < 1.29 is 0 Å². The van der Waals surface area contributed by atoms with Gasteiger partial charge in [-0.2, -0.15) is 10.5 Å². The molecule has 15 heavy (non-hydrogen) atoms. The van der Waals surface area contributed by atoms with Crippen LogP contribution in [0.25, 0.3) is 0 Å². The van der Waals surface area contributed by atoms with Gasteiger partial charge in [-0.25, -0.2) is 0 Å². The number of rotatable bonds is 3. The van der Waals surface area contributed by atoms with E-state index in [0.29, 0.717) is 11.1 Å². The SMILES string of the molecule is CCN(CC)c1ccc(C#N)c(C#N)c1. The maximum absolute atomic E-state index is 8.88. The highest BCUT2D eigenvalue weighted by atomic mass is 15.1. The molecule has 0 spiro atoms. The van der Waals surface area contributed by atoms with E-state index in [4.69, 9.17) is 10.5 Å². The van der Waals surface area contributed by atoms with E-state index in [1.807, 2.05) is 18.2 Å². The summed E-state index contributed by atoms with van der Waals surface area (Å²) < 4.78 is 0. The summed E-state index contributed by atoms with van der Waals surface area (Å²) in [6, 6.07) is 9.40. The standard InChI is InChI=1S/C12H13N3/c1-3-15(4-2)12-6-5-10(8-13)11(7-12)9-14/h5-7H,3-4H2,1-2H3. The molecular formula is C12H13N3. The zero-order valence-corrected chi connectivity index (χ0v) is 8.99. The molecule has 0 fully saturated rings. The van der Waals surface area contributed by atoms with E-state index in [1.165, 1.54) is 0 Å². The summed E-state index contributed by atoms with van der Waals surface area (Å²) in [6.07, 6.45) is 0. The maximum Gasteiger partial charge on any atom is 0.101 e. The van der Waals surface area contributed by atoms with Crippen LogP contribution in [0.15, 0.2) is 18.2 Å². The van der Waals surface area contributed by atoms with Crippen molar-refractivity contribution in [3.63, 3.8) is 0 Å². The van der Waals surface area contributed by atoms with Crippen molar-refractivity contribution in [3.05, 3.63) is 29.3 Å². The minimum absolute atomic E-state index is 0.438. The average Bonchev–Trinajstić information content (AvgIpc) is 2.30. The molecule has 1 rings (SSSR count). The predicted molar refractivity (Wildman–Crippen MR) is 59.4 cm³/mol. The van der Waals surface area contributed by atoms with Gasteiger partial charge in [0.2, 0.25) is 0 Å². The van der Waals surface area contributed by atoms with Crippen molar-refractivity contribution in [2.45, 2.75) is 13.8 Å². The van der Waals surface area contributed by atoms with Crippen LogP contribution < -0.4 is 4.90 Å². The molecule has 1 aromatic carbocycles. The number of benzene rings is 1. The molecule has 0 atom stereocenters. The Bertz CT molecular complexity index is 419. The predicted octanol–water partition coefficient (Wildman–Crippen LogP) is 2.28. The Morgan fingerprint density at radius 1 is 1.07 bits per heavy atom. The van der Waals surface area contributed by atoms with E-state index >= 15 is 0 Å². The van der Waals surface area contributed by atoms with E-state index in [2.05, 4.69) is 18.7 Å². The smallest absolute Gasteiger partial charge is 0.101 e. The molecule has 0 amide bonds. The van der Waals surface area contributed by atoms with Crippen LogP contribution in [-0.4, -0.2) is 13.1 Å². The lowest BCUT2D eigenvalue weighted by molar-refractivity contribution is 0.866. The Morgan fingerprint density at radius 3 is 2.13 bits per heavy atom. The van der Waals surface area contributed by atoms with Crippen LogP contribution in [0.1, 0.15) is 25.0 Å². The van der Waals surface area contributed by atoms with Crippen molar-refractivity contribution in [1.29, 1.82) is 10.5 Å². The van der Waals surface area contributed by atoms with Crippen LogP contribution in [0.4, 0.5) is 5.69 Å². The van der Waals surface area contributed by atoms with E-state index in [0.717, 1.165) is 18.8 Å². The quantitative estimate of drug-likeness (QED) is 0.750. The molecule has 0 N–H and O–H groups in total. The van der Waals surface area contributed by atoms with Gasteiger partial charge < -0.3 is 4.90 Å². The van der Waals surface area contributed by atoms with Gasteiger partial charge in [0.1, 0.15) is 12.1 Å². The van der Waals surface area contributed by atoms with Crippen molar-refractivity contribution >= 4 is 5.69 Å². The van der Waals surface area contributed by atoms with Gasteiger partial charge in [0.05, 0.1) is 11.1 Å². The molecule has 3 nitrogen and oxygen atoms in total. The van der Waals surface area contributed by atoms with Gasteiger partial charge in [-0.15, -0.1) is 0 Å². The zero-order chi connectivity index (χ0) is 11.3. The third kappa shape index (κ3) is 2.27. The second-order valence-corrected chi connectivity index (χ2v) is 3.13. The van der Waals surface area contributed by atoms with Gasteiger partial charge in [-0.3, -0.25) is 0 Å². The molecule has 0 radical (unpaired) electrons. The van der Waals surface area contributed by atoms with Crippen molar-refractivity contribution in [2.75, 3.05) is 18.0 Å². The van der Waals surface area contributed by atoms with Gasteiger partial charge in [-0.05, 0) is 32.0 Å². The summed E-state index contributed by atoms with van der Waals surface area (Å²) in [5.41, 5.74) is 1.88. The molecule has 0 unspecified atom stereocenters. The highest BCUT2D eigenvalue weighted by Crippen LogP contribution is 2.18. The van der Waals surface area contributed by atoms with Gasteiger partial charge in [0, 0.05) is 18.8 Å². The summed E-state index contributed by atoms with van der Waals surface area (Å²) in [5.74, 6) is 0. The van der Waals surface area contributed by atoms with Gasteiger partial charge in [0.25, 0.3) is 0 Å². The summed E-state index contributed by atoms with van der Waals surface area (Å²) in [7, 11) is 0. The highest BCUT2D eigenvalue weighted by Gasteiger charge is 2.06. The normalized spacial score (nSPS) is 9.07. The molecular weight excluding hydrogens is 186 g/mol. The fraction of sp³-hybridized carbons (Fsp3) is 0.333. The fourth-order valence-corrected chi connectivity index (χ4v) is 1.51. The number of hydrogen-bond donors (Lipinski definition) is 0. The van der Waals surface area contributed by atoms with Gasteiger partial charge in [-0.1, -0.05) is 0 Å². The Morgan fingerprint density at radius 2 is 1.67 bits per heavy atom. The molecule has 76 valence electrons. The second-order valence-electron chi connectivity index (χ2n) is 3.13. The Labute approximate surface area is 90.2 Å². The summed E-state index contributed by atoms with van der Waals surface area (Å²) in [6.45, 7) is 5.92. The largest absolute Gasteiger partial charge is 0.372 e. The van der Waals surface area contributed by atoms with Gasteiger partial charge >= 0.3 is 0 Å². The fourth-order valence-electron chi connectivity index (χ4n) is 1.51. The van der Waals surface area contributed by atoms with Crippen LogP contribution in [0.3, 0.4) is 0 Å². The van der Waals surface area contributed by atoms with E-state index in [9.17, 15) is 0 Å². The lowest BCUT2D eigenvalue weighted by Crippen LogP contribution is -2.21. The van der Waals surface area contributed by atoms with Gasteiger partial charge in [0.15, 0.2) is 0 Å². The number of nitrogens with zero attached hydrogens (tertiary/aromatic N) is 3. The Balaban J connectivity index is 3.15. The summed E-state index contributed by atoms with van der Waals surface area (Å²) in [4.78, 5) is 2.14. The molecule has 0 heterocycles. The Hall–Kier alpha value is -2.00. The summed E-state index contributed by atoms with van der Waals surface area (Å²) >= 11 is 0. The zero-order valence-electron chi connectivity index (χ0n) is 8.99. The van der Waals surface area contributed by atoms with Crippen molar-refractivity contribution in [1.82, 2.24) is 0 Å². The maximum atomic E-state index is 8.88. The highest BCUT2D eigenvalue weighted by molar-refractivity contribution is 5.57. The minimum Gasteiger partial charge on any atom is -0.372 e. The molecule has 3 heteroatoms. The molecule has 0 aliphatic heterocycles. The van der Waals surface area contributed by atoms with Crippen LogP contribution in [0.2, 0.25) is 0 Å². The lowest BCUT2D eigenvalue weighted by atomic mass is 10.1. The summed E-state index contributed by atoms with van der Waals surface area (Å²) in [5, 5.41) is 17.7. The number of hydrogen-bond acceptors (Lipinski definition) is 3. The van der Waals surface area contributed by atoms with E-state index in [-0.39, 0.29) is 0 Å². The molecule has 0 aromatic heterocycles.